The SMILES string of the molecule is Cc1cc2c3c(c1)c1cc(C)c(Oc4[c-]c(C5=N[C@](C)(C(C)(C)C)C(C)(C)N5C5CCCCC5)c(C)cc4C)[c-]c1n3-c1ncccc1C2(C)C.[Pt+2]. The predicted molar refractivity (Wildman–Crippen MR) is 211 cm³/mol. The molecule has 5 nitrogen and oxygen atoms in total. The summed E-state index contributed by atoms with van der Waals surface area (Å²) in [6.07, 6.45) is 8.17. The molecule has 0 unspecified atom stereocenters. The third-order valence-corrected chi connectivity index (χ3v) is 13.1. The normalized spacial score (nSPS) is 20.9. The van der Waals surface area contributed by atoms with Gasteiger partial charge in [-0.2, -0.15) is 6.07 Å². The molecule has 1 fully saturated rings. The molecule has 3 aromatic carbocycles. The molecule has 0 spiro atoms. The van der Waals surface area contributed by atoms with E-state index in [2.05, 4.69) is 141 Å². The van der Waals surface area contributed by atoms with Crippen LogP contribution in [0.15, 0.2) is 47.6 Å². The Kier molecular flexibility index (Phi) is 8.73. The first-order chi connectivity index (χ1) is 24.0. The van der Waals surface area contributed by atoms with Crippen molar-refractivity contribution in [2.24, 2.45) is 10.4 Å². The third kappa shape index (κ3) is 5.18. The molecule has 274 valence electrons. The minimum absolute atomic E-state index is 0. The number of fused-ring (bicyclic) bond motifs is 5. The summed E-state index contributed by atoms with van der Waals surface area (Å²) in [5.74, 6) is 3.48. The molecule has 0 bridgehead atoms. The number of rotatable bonds is 4. The summed E-state index contributed by atoms with van der Waals surface area (Å²) in [5.41, 5.74) is 9.66. The Labute approximate surface area is 325 Å². The van der Waals surface area contributed by atoms with Gasteiger partial charge >= 0.3 is 21.1 Å². The Morgan fingerprint density at radius 1 is 0.808 bits per heavy atom. The van der Waals surface area contributed by atoms with Gasteiger partial charge < -0.3 is 19.2 Å². The van der Waals surface area contributed by atoms with Gasteiger partial charge in [0.15, 0.2) is 0 Å². The first-order valence-electron chi connectivity index (χ1n) is 19.0. The van der Waals surface area contributed by atoms with Crippen LogP contribution in [0.5, 0.6) is 11.5 Å². The maximum absolute atomic E-state index is 6.93. The van der Waals surface area contributed by atoms with Gasteiger partial charge in [0.25, 0.3) is 0 Å². The zero-order chi connectivity index (χ0) is 36.4. The summed E-state index contributed by atoms with van der Waals surface area (Å²) >= 11 is 0. The van der Waals surface area contributed by atoms with Crippen LogP contribution < -0.4 is 4.74 Å². The van der Waals surface area contributed by atoms with Gasteiger partial charge in [0.1, 0.15) is 5.82 Å². The Balaban J connectivity index is 0.00000420. The van der Waals surface area contributed by atoms with Crippen LogP contribution in [-0.4, -0.2) is 37.4 Å². The molecule has 6 heteroatoms. The first-order valence-corrected chi connectivity index (χ1v) is 19.0. The van der Waals surface area contributed by atoms with Crippen molar-refractivity contribution in [3.8, 4) is 17.3 Å². The number of nitrogens with zero attached hydrogens (tertiary/aromatic N) is 4. The molecule has 1 saturated carbocycles. The molecule has 52 heavy (non-hydrogen) atoms. The predicted octanol–water partition coefficient (Wildman–Crippen LogP) is 11.4. The number of pyridine rings is 1. The van der Waals surface area contributed by atoms with E-state index < -0.39 is 0 Å². The molecule has 3 aliphatic rings. The molecule has 8 rings (SSSR count). The quantitative estimate of drug-likeness (QED) is 0.169. The largest absolute Gasteiger partial charge is 2.00 e. The van der Waals surface area contributed by atoms with E-state index in [4.69, 9.17) is 14.7 Å². The van der Waals surface area contributed by atoms with Crippen LogP contribution in [0.25, 0.3) is 27.6 Å². The van der Waals surface area contributed by atoms with Crippen LogP contribution in [0.3, 0.4) is 0 Å². The van der Waals surface area contributed by atoms with E-state index in [9.17, 15) is 0 Å². The van der Waals surface area contributed by atoms with Crippen molar-refractivity contribution in [2.75, 3.05) is 0 Å². The molecule has 2 aromatic heterocycles. The monoisotopic (exact) mass is 873 g/mol. The van der Waals surface area contributed by atoms with E-state index >= 15 is 0 Å². The number of ether oxygens (including phenoxy) is 1. The minimum Gasteiger partial charge on any atom is -0.502 e. The van der Waals surface area contributed by atoms with Gasteiger partial charge in [-0.3, -0.25) is 0 Å². The molecule has 0 amide bonds. The molecule has 2 aliphatic heterocycles. The van der Waals surface area contributed by atoms with Crippen LogP contribution in [0.1, 0.15) is 126 Å². The van der Waals surface area contributed by atoms with Crippen LogP contribution in [0.2, 0.25) is 0 Å². The number of hydrogen-bond donors (Lipinski definition) is 0. The van der Waals surface area contributed by atoms with Crippen LogP contribution >= 0.6 is 0 Å². The molecule has 1 atom stereocenters. The molecule has 1 aliphatic carbocycles. The Hall–Kier alpha value is -3.43. The molecule has 0 saturated heterocycles. The Morgan fingerprint density at radius 3 is 2.17 bits per heavy atom. The fourth-order valence-corrected chi connectivity index (χ4v) is 9.69. The van der Waals surface area contributed by atoms with Crippen molar-refractivity contribution in [2.45, 2.75) is 138 Å². The zero-order valence-electron chi connectivity index (χ0n) is 33.2. The fourth-order valence-electron chi connectivity index (χ4n) is 9.69. The summed E-state index contributed by atoms with van der Waals surface area (Å²) in [7, 11) is 0. The summed E-state index contributed by atoms with van der Waals surface area (Å²) in [6, 6.07) is 21.5. The number of aliphatic imine (C=N–C) groups is 1. The van der Waals surface area contributed by atoms with Gasteiger partial charge in [-0.1, -0.05) is 116 Å². The molecular weight excluding hydrogens is 820 g/mol. The standard InChI is InChI=1S/C46H54N4O.Pt/c1-27-21-34-33-24-30(4)39(26-37(33)49-40(34)36(22-27)44(8,9)35-19-16-20-47-42(35)49)51-38-25-32(28(2)23-29(38)3)41-48-46(12,43(5,6)7)45(10,11)50(41)31-17-14-13-15-18-31;/h16,19-24,31H,13-15,17-18H2,1-12H3;/q-2;+2/t46-;/m1./s1. The van der Waals surface area contributed by atoms with Crippen LogP contribution in [-0.2, 0) is 26.5 Å². The molecule has 0 N–H and O–H groups in total. The summed E-state index contributed by atoms with van der Waals surface area (Å²) in [6.45, 7) is 27.5. The second-order valence-corrected chi connectivity index (χ2v) is 18.0. The second-order valence-electron chi connectivity index (χ2n) is 18.0. The first kappa shape index (κ1) is 36.9. The zero-order valence-corrected chi connectivity index (χ0v) is 35.4. The van der Waals surface area contributed by atoms with E-state index in [1.165, 1.54) is 70.6 Å². The van der Waals surface area contributed by atoms with Crippen molar-refractivity contribution in [1.29, 1.82) is 0 Å². The van der Waals surface area contributed by atoms with Crippen LogP contribution in [0, 0.1) is 45.2 Å². The number of benzene rings is 3. The number of aryl methyl sites for hydroxylation is 4. The van der Waals surface area contributed by atoms with E-state index in [-0.39, 0.29) is 43.0 Å². The second kappa shape index (κ2) is 12.3. The van der Waals surface area contributed by atoms with Gasteiger partial charge in [0, 0.05) is 46.1 Å². The van der Waals surface area contributed by atoms with E-state index in [1.807, 2.05) is 6.20 Å². The van der Waals surface area contributed by atoms with Gasteiger partial charge in [0.05, 0.1) is 11.1 Å². The maximum Gasteiger partial charge on any atom is 2.00 e. The van der Waals surface area contributed by atoms with E-state index in [1.54, 1.807) is 0 Å². The van der Waals surface area contributed by atoms with Crippen LogP contribution in [0.4, 0.5) is 0 Å². The van der Waals surface area contributed by atoms with Crippen molar-refractivity contribution in [1.82, 2.24) is 14.5 Å². The average molecular weight is 874 g/mol. The summed E-state index contributed by atoms with van der Waals surface area (Å²) in [5, 5.41) is 2.41. The number of amidine groups is 1. The molecule has 5 aromatic rings. The van der Waals surface area contributed by atoms with Crippen molar-refractivity contribution in [3.63, 3.8) is 0 Å². The molecule has 4 heterocycles. The summed E-state index contributed by atoms with van der Waals surface area (Å²) in [4.78, 5) is 13.4. The number of hydrogen-bond acceptors (Lipinski definition) is 4. The summed E-state index contributed by atoms with van der Waals surface area (Å²) < 4.78 is 9.25. The van der Waals surface area contributed by atoms with Gasteiger partial charge in [0.2, 0.25) is 0 Å². The fraction of sp³-hybridized carbons (Fsp3) is 0.478. The third-order valence-electron chi connectivity index (χ3n) is 13.1. The van der Waals surface area contributed by atoms with Gasteiger partial charge in [-0.05, 0) is 63.0 Å². The Morgan fingerprint density at radius 2 is 1.48 bits per heavy atom. The minimum atomic E-state index is -0.289. The van der Waals surface area contributed by atoms with Gasteiger partial charge in [-0.15, -0.1) is 34.2 Å². The van der Waals surface area contributed by atoms with Crippen molar-refractivity contribution >= 4 is 27.6 Å². The Bertz CT molecular complexity index is 2280. The van der Waals surface area contributed by atoms with Gasteiger partial charge in [-0.25, -0.2) is 4.98 Å². The van der Waals surface area contributed by atoms with Crippen molar-refractivity contribution < 1.29 is 25.8 Å². The molecule has 0 radical (unpaired) electrons. The molecular formula is C46H54N4OPt. The maximum atomic E-state index is 6.93. The van der Waals surface area contributed by atoms with Crippen molar-refractivity contribution in [3.05, 3.63) is 93.7 Å². The average Bonchev–Trinajstić information content (AvgIpc) is 3.49. The van der Waals surface area contributed by atoms with E-state index in [0.717, 1.165) is 39.6 Å². The topological polar surface area (TPSA) is 42.6 Å². The smallest absolute Gasteiger partial charge is 0.502 e. The number of aromatic nitrogens is 2. The van der Waals surface area contributed by atoms with E-state index in [0.29, 0.717) is 11.8 Å².